The van der Waals surface area contributed by atoms with Gasteiger partial charge in [0.15, 0.2) is 0 Å². The molecule has 0 saturated heterocycles. The minimum atomic E-state index is -6.25. The number of alkyl halides is 7. The smallest absolute Gasteiger partial charge is 0.218 e. The maximum atomic E-state index is 13.7. The average Bonchev–Trinajstić information content (AvgIpc) is 2.26. The molecule has 0 radical (unpaired) electrons. The molecule has 1 rings (SSSR count). The number of carbonyl (C=O) groups excluding carboxylic acids is 1. The van der Waals surface area contributed by atoms with Crippen LogP contribution in [0.15, 0.2) is 29.3 Å². The van der Waals surface area contributed by atoms with Gasteiger partial charge in [0, 0.05) is 5.56 Å². The van der Waals surface area contributed by atoms with Crippen LogP contribution in [0.5, 0.6) is 0 Å². The molecule has 19 heavy (non-hydrogen) atoms. The molecule has 0 fully saturated rings. The Bertz CT molecular complexity index is 499. The Morgan fingerprint density at radius 3 is 1.79 bits per heavy atom. The van der Waals surface area contributed by atoms with Gasteiger partial charge in [0.1, 0.15) is 0 Å². The normalized spacial score (nSPS) is 13.0. The maximum Gasteiger partial charge on any atom is 0.436 e. The molecule has 0 amide bonds. The highest BCUT2D eigenvalue weighted by Crippen LogP contribution is 2.55. The van der Waals surface area contributed by atoms with Crippen molar-refractivity contribution >= 4 is 11.8 Å². The molecule has 0 heterocycles. The van der Waals surface area contributed by atoms with Crippen LogP contribution in [0, 0.1) is 0 Å². The molecule has 0 aliphatic heterocycles. The summed E-state index contributed by atoms with van der Waals surface area (Å²) in [6.07, 6.45) is -11.7. The molecule has 2 nitrogen and oxygen atoms in total. The fraction of sp³-hybridized carbons (Fsp3) is 0.300. The number of isocyanates is 1. The van der Waals surface area contributed by atoms with Crippen molar-refractivity contribution in [3.05, 3.63) is 29.8 Å². The minimum absolute atomic E-state index is 0.261. The van der Waals surface area contributed by atoms with Gasteiger partial charge < -0.3 is 0 Å². The van der Waals surface area contributed by atoms with Crippen LogP contribution in [-0.2, 0) is 10.5 Å². The van der Waals surface area contributed by atoms with Crippen LogP contribution >= 0.6 is 0 Å². The second kappa shape index (κ2) is 4.65. The first kappa shape index (κ1) is 15.2. The van der Waals surface area contributed by atoms with E-state index >= 15 is 0 Å². The Morgan fingerprint density at radius 1 is 0.895 bits per heavy atom. The fourth-order valence-corrected chi connectivity index (χ4v) is 1.38. The number of hydrogen-bond donors (Lipinski definition) is 0. The van der Waals surface area contributed by atoms with Crippen molar-refractivity contribution in [2.45, 2.75) is 18.0 Å². The quantitative estimate of drug-likeness (QED) is 0.460. The van der Waals surface area contributed by atoms with E-state index in [4.69, 9.17) is 0 Å². The van der Waals surface area contributed by atoms with E-state index < -0.39 is 29.3 Å². The largest absolute Gasteiger partial charge is 0.436 e. The molecule has 0 spiro atoms. The summed E-state index contributed by atoms with van der Waals surface area (Å²) in [6, 6.07) is 2.68. The second-order valence-corrected chi connectivity index (χ2v) is 3.37. The maximum absolute atomic E-state index is 13.7. The molecule has 0 atom stereocenters. The first-order valence-electron chi connectivity index (χ1n) is 4.55. The van der Waals surface area contributed by atoms with Gasteiger partial charge in [-0.1, -0.05) is 18.2 Å². The lowest BCUT2D eigenvalue weighted by molar-refractivity contribution is -0.348. The van der Waals surface area contributed by atoms with E-state index in [9.17, 15) is 35.5 Å². The van der Waals surface area contributed by atoms with E-state index in [1.807, 2.05) is 0 Å². The summed E-state index contributed by atoms with van der Waals surface area (Å²) in [5, 5.41) is 0. The molecule has 0 N–H and O–H groups in total. The Kier molecular flexibility index (Phi) is 3.72. The lowest BCUT2D eigenvalue weighted by Gasteiger charge is -2.30. The van der Waals surface area contributed by atoms with Gasteiger partial charge in [-0.15, -0.1) is 0 Å². The van der Waals surface area contributed by atoms with Crippen molar-refractivity contribution in [1.29, 1.82) is 0 Å². The second-order valence-electron chi connectivity index (χ2n) is 3.37. The van der Waals surface area contributed by atoms with Crippen molar-refractivity contribution in [2.75, 3.05) is 0 Å². The molecule has 1 aromatic rings. The number of para-hydroxylation sites is 1. The third kappa shape index (κ3) is 2.46. The molecule has 104 valence electrons. The number of nitrogens with zero attached hydrogens (tertiary/aromatic N) is 1. The Hall–Kier alpha value is -1.89. The average molecular weight is 287 g/mol. The molecule has 0 unspecified atom stereocenters. The highest BCUT2D eigenvalue weighted by Gasteiger charge is 2.74. The molecular weight excluding hydrogens is 283 g/mol. The first-order valence-corrected chi connectivity index (χ1v) is 4.55. The zero-order valence-corrected chi connectivity index (χ0v) is 8.81. The van der Waals surface area contributed by atoms with Gasteiger partial charge in [-0.05, 0) is 6.07 Å². The Morgan fingerprint density at radius 2 is 1.37 bits per heavy atom. The summed E-state index contributed by atoms with van der Waals surface area (Å²) < 4.78 is 88.5. The van der Waals surface area contributed by atoms with Gasteiger partial charge in [0.25, 0.3) is 0 Å². The first-order chi connectivity index (χ1) is 8.55. The van der Waals surface area contributed by atoms with Crippen molar-refractivity contribution in [3.63, 3.8) is 0 Å². The molecule has 0 saturated carbocycles. The summed E-state index contributed by atoms with van der Waals surface area (Å²) >= 11 is 0. The molecule has 9 heteroatoms. The molecule has 0 bridgehead atoms. The zero-order chi connectivity index (χ0) is 14.9. The molecule has 1 aromatic carbocycles. The van der Waals surface area contributed by atoms with Crippen molar-refractivity contribution in [3.8, 4) is 0 Å². The third-order valence-electron chi connectivity index (χ3n) is 2.22. The summed E-state index contributed by atoms with van der Waals surface area (Å²) in [4.78, 5) is 12.6. The Balaban J connectivity index is 3.66. The van der Waals surface area contributed by atoms with Gasteiger partial charge in [0.2, 0.25) is 6.08 Å². The van der Waals surface area contributed by atoms with Crippen LogP contribution in [0.4, 0.5) is 36.4 Å². The number of halogens is 7. The highest BCUT2D eigenvalue weighted by atomic mass is 19.4. The number of rotatable bonds is 2. The Labute approximate surface area is 101 Å². The summed E-state index contributed by atoms with van der Waals surface area (Å²) in [6.45, 7) is 0. The van der Waals surface area contributed by atoms with Gasteiger partial charge in [-0.25, -0.2) is 9.18 Å². The number of benzene rings is 1. The van der Waals surface area contributed by atoms with Gasteiger partial charge >= 0.3 is 18.0 Å². The molecule has 0 aliphatic rings. The van der Waals surface area contributed by atoms with E-state index in [1.54, 1.807) is 0 Å². The number of aliphatic imine (C=N–C) groups is 1. The van der Waals surface area contributed by atoms with E-state index in [2.05, 4.69) is 4.99 Å². The predicted molar refractivity (Wildman–Crippen MR) is 49.1 cm³/mol. The van der Waals surface area contributed by atoms with Gasteiger partial charge in [-0.3, -0.25) is 0 Å². The van der Waals surface area contributed by atoms with E-state index in [0.717, 1.165) is 18.2 Å². The van der Waals surface area contributed by atoms with Crippen molar-refractivity contribution in [1.82, 2.24) is 0 Å². The third-order valence-corrected chi connectivity index (χ3v) is 2.22. The SMILES string of the molecule is O=C=Nc1ccccc1C(F)(C(F)(F)F)C(F)(F)F. The standard InChI is InChI=1S/C10H4F7NO/c11-8(9(12,13)14,10(15,16)17)6-3-1-2-4-7(6)18-5-19/h1-4H. The summed E-state index contributed by atoms with van der Waals surface area (Å²) in [7, 11) is 0. The van der Waals surface area contributed by atoms with Crippen molar-refractivity contribution < 1.29 is 35.5 Å². The summed E-state index contributed by atoms with van der Waals surface area (Å²) in [5.74, 6) is 0. The van der Waals surface area contributed by atoms with Gasteiger partial charge in [-0.2, -0.15) is 31.3 Å². The molecule has 0 aromatic heterocycles. The van der Waals surface area contributed by atoms with Crippen molar-refractivity contribution in [2.24, 2.45) is 4.99 Å². The van der Waals surface area contributed by atoms with Crippen LogP contribution in [0.1, 0.15) is 5.56 Å². The van der Waals surface area contributed by atoms with Gasteiger partial charge in [0.05, 0.1) is 5.69 Å². The van der Waals surface area contributed by atoms with Crippen LogP contribution in [0.2, 0.25) is 0 Å². The van der Waals surface area contributed by atoms with E-state index in [-0.39, 0.29) is 6.07 Å². The fourth-order valence-electron chi connectivity index (χ4n) is 1.38. The molecule has 0 aliphatic carbocycles. The highest BCUT2D eigenvalue weighted by molar-refractivity contribution is 5.56. The summed E-state index contributed by atoms with van der Waals surface area (Å²) in [5.41, 5.74) is -8.51. The lowest BCUT2D eigenvalue weighted by Crippen LogP contribution is -2.50. The molecular formula is C10H4F7NO. The van der Waals surface area contributed by atoms with Crippen LogP contribution in [-0.4, -0.2) is 18.4 Å². The minimum Gasteiger partial charge on any atom is -0.218 e. The predicted octanol–water partition coefficient (Wildman–Crippen LogP) is 3.94. The van der Waals surface area contributed by atoms with Crippen LogP contribution in [0.3, 0.4) is 0 Å². The lowest BCUT2D eigenvalue weighted by atomic mass is 9.92. The topological polar surface area (TPSA) is 29.4 Å². The number of hydrogen-bond acceptors (Lipinski definition) is 2. The van der Waals surface area contributed by atoms with Crippen LogP contribution < -0.4 is 0 Å². The monoisotopic (exact) mass is 287 g/mol. The zero-order valence-electron chi connectivity index (χ0n) is 8.81. The van der Waals surface area contributed by atoms with E-state index in [0.29, 0.717) is 6.07 Å². The van der Waals surface area contributed by atoms with E-state index in [1.165, 1.54) is 0 Å². The van der Waals surface area contributed by atoms with Crippen LogP contribution in [0.25, 0.3) is 0 Å².